The number of aryl methyl sites for hydroxylation is 3. The third kappa shape index (κ3) is 2.12. The highest BCUT2D eigenvalue weighted by Gasteiger charge is 2.04. The van der Waals surface area contributed by atoms with E-state index < -0.39 is 0 Å². The molecule has 2 aromatic heterocycles. The van der Waals surface area contributed by atoms with Crippen LogP contribution in [0.2, 0.25) is 0 Å². The van der Waals surface area contributed by atoms with E-state index in [0.717, 1.165) is 30.0 Å². The Morgan fingerprint density at radius 3 is 2.56 bits per heavy atom. The van der Waals surface area contributed by atoms with Gasteiger partial charge in [-0.15, -0.1) is 0 Å². The minimum Gasteiger partial charge on any atom is -0.218 e. The molecule has 0 saturated carbocycles. The molecule has 0 unspecified atom stereocenters. The first-order valence-electron chi connectivity index (χ1n) is 6.18. The molecule has 0 atom stereocenters. The van der Waals surface area contributed by atoms with E-state index in [9.17, 15) is 0 Å². The lowest BCUT2D eigenvalue weighted by atomic mass is 10.1. The van der Waals surface area contributed by atoms with Gasteiger partial charge in [-0.1, -0.05) is 36.4 Å². The van der Waals surface area contributed by atoms with Gasteiger partial charge in [0.05, 0.1) is 0 Å². The van der Waals surface area contributed by atoms with Crippen LogP contribution in [0.1, 0.15) is 17.1 Å². The summed E-state index contributed by atoms with van der Waals surface area (Å²) in [5, 5.41) is 4.53. The van der Waals surface area contributed by atoms with Gasteiger partial charge in [0, 0.05) is 12.1 Å². The van der Waals surface area contributed by atoms with Gasteiger partial charge in [0.15, 0.2) is 11.5 Å². The predicted molar refractivity (Wildman–Crippen MR) is 71.6 cm³/mol. The number of rotatable bonds is 3. The Bertz CT molecular complexity index is 656. The fourth-order valence-electron chi connectivity index (χ4n) is 2.09. The minimum atomic E-state index is 0.880. The molecule has 0 saturated heterocycles. The Labute approximate surface area is 106 Å². The van der Waals surface area contributed by atoms with E-state index in [1.165, 1.54) is 5.56 Å². The molecule has 18 heavy (non-hydrogen) atoms. The van der Waals surface area contributed by atoms with E-state index in [-0.39, 0.29) is 0 Å². The van der Waals surface area contributed by atoms with Gasteiger partial charge in [-0.05, 0) is 31.0 Å². The minimum absolute atomic E-state index is 0.880. The quantitative estimate of drug-likeness (QED) is 0.701. The van der Waals surface area contributed by atoms with Crippen LogP contribution in [-0.4, -0.2) is 14.6 Å². The SMILES string of the molecule is Cc1cccc2nc(CCc3ccccc3)nn12. The molecule has 3 nitrogen and oxygen atoms in total. The highest BCUT2D eigenvalue weighted by atomic mass is 15.3. The van der Waals surface area contributed by atoms with Gasteiger partial charge in [-0.3, -0.25) is 0 Å². The highest BCUT2D eigenvalue weighted by Crippen LogP contribution is 2.08. The van der Waals surface area contributed by atoms with Crippen molar-refractivity contribution >= 4 is 5.65 Å². The molecule has 0 aliphatic carbocycles. The van der Waals surface area contributed by atoms with Crippen molar-refractivity contribution in [3.63, 3.8) is 0 Å². The van der Waals surface area contributed by atoms with E-state index in [4.69, 9.17) is 0 Å². The Morgan fingerprint density at radius 1 is 0.944 bits per heavy atom. The lowest BCUT2D eigenvalue weighted by Crippen LogP contribution is -1.95. The maximum atomic E-state index is 4.54. The van der Waals surface area contributed by atoms with Crippen molar-refractivity contribution in [2.24, 2.45) is 0 Å². The molecule has 0 aliphatic rings. The molecule has 1 aromatic carbocycles. The van der Waals surface area contributed by atoms with Crippen molar-refractivity contribution in [2.45, 2.75) is 19.8 Å². The molecule has 0 N–H and O–H groups in total. The van der Waals surface area contributed by atoms with Gasteiger partial charge in [-0.2, -0.15) is 5.10 Å². The first kappa shape index (κ1) is 11.0. The summed E-state index contributed by atoms with van der Waals surface area (Å²) in [4.78, 5) is 4.54. The molecular weight excluding hydrogens is 222 g/mol. The Hall–Kier alpha value is -2.16. The van der Waals surface area contributed by atoms with Crippen LogP contribution in [-0.2, 0) is 12.8 Å². The van der Waals surface area contributed by atoms with Crippen molar-refractivity contribution in [2.75, 3.05) is 0 Å². The van der Waals surface area contributed by atoms with Crippen LogP contribution in [0.15, 0.2) is 48.5 Å². The number of pyridine rings is 1. The fourth-order valence-corrected chi connectivity index (χ4v) is 2.09. The molecule has 0 bridgehead atoms. The topological polar surface area (TPSA) is 30.2 Å². The van der Waals surface area contributed by atoms with Crippen molar-refractivity contribution < 1.29 is 0 Å². The number of nitrogens with zero attached hydrogens (tertiary/aromatic N) is 3. The van der Waals surface area contributed by atoms with Gasteiger partial charge in [0.25, 0.3) is 0 Å². The Morgan fingerprint density at radius 2 is 1.78 bits per heavy atom. The van der Waals surface area contributed by atoms with Gasteiger partial charge in [0.2, 0.25) is 0 Å². The maximum Gasteiger partial charge on any atom is 0.155 e. The van der Waals surface area contributed by atoms with Gasteiger partial charge >= 0.3 is 0 Å². The third-order valence-corrected chi connectivity index (χ3v) is 3.07. The summed E-state index contributed by atoms with van der Waals surface area (Å²) in [5.41, 5.74) is 3.37. The van der Waals surface area contributed by atoms with Crippen LogP contribution < -0.4 is 0 Å². The normalized spacial score (nSPS) is 10.9. The van der Waals surface area contributed by atoms with E-state index in [0.29, 0.717) is 0 Å². The summed E-state index contributed by atoms with van der Waals surface area (Å²) in [7, 11) is 0. The van der Waals surface area contributed by atoms with Crippen molar-refractivity contribution in [3.8, 4) is 0 Å². The zero-order chi connectivity index (χ0) is 12.4. The highest BCUT2D eigenvalue weighted by molar-refractivity contribution is 5.38. The van der Waals surface area contributed by atoms with Crippen molar-refractivity contribution in [1.29, 1.82) is 0 Å². The molecule has 0 radical (unpaired) electrons. The second kappa shape index (κ2) is 4.61. The number of hydrogen-bond acceptors (Lipinski definition) is 2. The molecule has 2 heterocycles. The van der Waals surface area contributed by atoms with E-state index in [2.05, 4.69) is 34.3 Å². The smallest absolute Gasteiger partial charge is 0.155 e. The van der Waals surface area contributed by atoms with Crippen LogP contribution in [0.25, 0.3) is 5.65 Å². The van der Waals surface area contributed by atoms with Crippen LogP contribution in [0.4, 0.5) is 0 Å². The summed E-state index contributed by atoms with van der Waals surface area (Å²) < 4.78 is 1.90. The largest absolute Gasteiger partial charge is 0.218 e. The summed E-state index contributed by atoms with van der Waals surface area (Å²) in [6, 6.07) is 16.5. The lowest BCUT2D eigenvalue weighted by Gasteiger charge is -1.97. The summed E-state index contributed by atoms with van der Waals surface area (Å²) >= 11 is 0. The average Bonchev–Trinajstić information content (AvgIpc) is 2.82. The molecule has 3 rings (SSSR count). The summed E-state index contributed by atoms with van der Waals surface area (Å²) in [6.45, 7) is 2.04. The molecule has 0 spiro atoms. The molecule has 0 amide bonds. The lowest BCUT2D eigenvalue weighted by molar-refractivity contribution is 0.823. The standard InChI is InChI=1S/C15H15N3/c1-12-6-5-9-15-16-14(17-18(12)15)11-10-13-7-3-2-4-8-13/h2-9H,10-11H2,1H3. The van der Waals surface area contributed by atoms with Crippen LogP contribution in [0.5, 0.6) is 0 Å². The van der Waals surface area contributed by atoms with Crippen LogP contribution in [0, 0.1) is 6.92 Å². The van der Waals surface area contributed by atoms with E-state index in [1.807, 2.05) is 35.7 Å². The Kier molecular flexibility index (Phi) is 2.81. The van der Waals surface area contributed by atoms with Gasteiger partial charge < -0.3 is 0 Å². The number of fused-ring (bicyclic) bond motifs is 1. The van der Waals surface area contributed by atoms with E-state index in [1.54, 1.807) is 0 Å². The molecule has 3 heteroatoms. The van der Waals surface area contributed by atoms with Crippen molar-refractivity contribution in [3.05, 3.63) is 65.6 Å². The molecule has 0 fully saturated rings. The van der Waals surface area contributed by atoms with Crippen LogP contribution in [0.3, 0.4) is 0 Å². The third-order valence-electron chi connectivity index (χ3n) is 3.07. The first-order chi connectivity index (χ1) is 8.83. The average molecular weight is 237 g/mol. The first-order valence-corrected chi connectivity index (χ1v) is 6.18. The molecular formula is C15H15N3. The number of aromatic nitrogens is 3. The summed E-state index contributed by atoms with van der Waals surface area (Å²) in [5.74, 6) is 0.910. The second-order valence-corrected chi connectivity index (χ2v) is 4.45. The monoisotopic (exact) mass is 237 g/mol. The Balaban J connectivity index is 1.81. The van der Waals surface area contributed by atoms with Crippen molar-refractivity contribution in [1.82, 2.24) is 14.6 Å². The van der Waals surface area contributed by atoms with Crippen LogP contribution >= 0.6 is 0 Å². The second-order valence-electron chi connectivity index (χ2n) is 4.45. The number of hydrogen-bond donors (Lipinski definition) is 0. The number of benzene rings is 1. The predicted octanol–water partition coefficient (Wildman–Crippen LogP) is 2.82. The zero-order valence-electron chi connectivity index (χ0n) is 10.4. The maximum absolute atomic E-state index is 4.54. The van der Waals surface area contributed by atoms with E-state index >= 15 is 0 Å². The fraction of sp³-hybridized carbons (Fsp3) is 0.200. The van der Waals surface area contributed by atoms with Gasteiger partial charge in [-0.25, -0.2) is 9.50 Å². The summed E-state index contributed by atoms with van der Waals surface area (Å²) in [6.07, 6.45) is 1.86. The zero-order valence-corrected chi connectivity index (χ0v) is 10.4. The molecule has 3 aromatic rings. The van der Waals surface area contributed by atoms with Gasteiger partial charge in [0.1, 0.15) is 0 Å². The molecule has 90 valence electrons. The molecule has 0 aliphatic heterocycles.